The number of nitrogens with zero attached hydrogens (tertiary/aromatic N) is 1. The molecule has 0 saturated carbocycles. The van der Waals surface area contributed by atoms with E-state index in [4.69, 9.17) is 14.2 Å². The molecule has 2 saturated heterocycles. The molecular formula is C27H36N2O7S. The molecule has 0 aromatic heterocycles. The Morgan fingerprint density at radius 2 is 1.76 bits per heavy atom. The van der Waals surface area contributed by atoms with Crippen LogP contribution in [0.25, 0.3) is 0 Å². The summed E-state index contributed by atoms with van der Waals surface area (Å²) in [5, 5.41) is 14.1. The van der Waals surface area contributed by atoms with Crippen LogP contribution in [0.5, 0.6) is 0 Å². The lowest BCUT2D eigenvalue weighted by molar-refractivity contribution is -0.0907. The molecule has 2 fully saturated rings. The number of ether oxygens (including phenoxy) is 3. The molecule has 2 heterocycles. The van der Waals surface area contributed by atoms with Crippen molar-refractivity contribution in [1.29, 1.82) is 0 Å². The minimum atomic E-state index is -3.86. The van der Waals surface area contributed by atoms with Crippen molar-refractivity contribution in [3.05, 3.63) is 66.2 Å². The van der Waals surface area contributed by atoms with Crippen molar-refractivity contribution in [2.45, 2.75) is 56.1 Å². The van der Waals surface area contributed by atoms with Gasteiger partial charge in [0.05, 0.1) is 36.2 Å². The van der Waals surface area contributed by atoms with Gasteiger partial charge < -0.3 is 24.6 Å². The number of rotatable bonds is 11. The number of alkyl carbamates (subject to hydrolysis) is 1. The maximum atomic E-state index is 13.4. The van der Waals surface area contributed by atoms with Crippen molar-refractivity contribution in [2.75, 3.05) is 26.3 Å². The second-order valence-corrected chi connectivity index (χ2v) is 11.9. The Labute approximate surface area is 218 Å². The highest BCUT2D eigenvalue weighted by Crippen LogP contribution is 2.33. The number of carbonyl (C=O) groups is 1. The van der Waals surface area contributed by atoms with Crippen LogP contribution < -0.4 is 5.32 Å². The molecule has 2 aliphatic rings. The summed E-state index contributed by atoms with van der Waals surface area (Å²) in [7, 11) is -3.86. The predicted molar refractivity (Wildman–Crippen MR) is 137 cm³/mol. The number of aliphatic hydroxyl groups is 1. The number of hydrogen-bond acceptors (Lipinski definition) is 7. The van der Waals surface area contributed by atoms with Crippen LogP contribution >= 0.6 is 0 Å². The Morgan fingerprint density at radius 1 is 1.08 bits per heavy atom. The zero-order chi connectivity index (χ0) is 26.4. The Bertz CT molecular complexity index is 1110. The molecule has 0 spiro atoms. The van der Waals surface area contributed by atoms with Gasteiger partial charge in [-0.2, -0.15) is 4.31 Å². The van der Waals surface area contributed by atoms with Crippen molar-refractivity contribution >= 4 is 16.1 Å². The highest BCUT2D eigenvalue weighted by atomic mass is 32.2. The van der Waals surface area contributed by atoms with Crippen LogP contribution in [-0.2, 0) is 30.7 Å². The van der Waals surface area contributed by atoms with E-state index in [1.54, 1.807) is 18.2 Å². The minimum Gasteiger partial charge on any atom is -0.443 e. The molecule has 5 atom stereocenters. The third-order valence-electron chi connectivity index (χ3n) is 6.65. The van der Waals surface area contributed by atoms with Crippen LogP contribution in [0.3, 0.4) is 0 Å². The van der Waals surface area contributed by atoms with Crippen LogP contribution in [-0.4, -0.2) is 74.8 Å². The van der Waals surface area contributed by atoms with Gasteiger partial charge in [-0.3, -0.25) is 0 Å². The lowest BCUT2D eigenvalue weighted by Gasteiger charge is -2.31. The Hall–Kier alpha value is -2.50. The van der Waals surface area contributed by atoms with Gasteiger partial charge in [0.15, 0.2) is 6.29 Å². The first-order valence-electron chi connectivity index (χ1n) is 12.7. The molecule has 10 heteroatoms. The summed E-state index contributed by atoms with van der Waals surface area (Å²) < 4.78 is 44.8. The van der Waals surface area contributed by atoms with Gasteiger partial charge in [0.1, 0.15) is 6.10 Å². The first kappa shape index (κ1) is 27.5. The lowest BCUT2D eigenvalue weighted by atomic mass is 10.0. The molecule has 37 heavy (non-hydrogen) atoms. The maximum absolute atomic E-state index is 13.4. The zero-order valence-corrected chi connectivity index (χ0v) is 22.0. The quantitative estimate of drug-likeness (QED) is 0.457. The number of fused-ring (bicyclic) bond motifs is 1. The first-order valence-corrected chi connectivity index (χ1v) is 14.2. The standard InChI is InChI=1S/C27H36N2O7S/c1-19(2)16-29(37(32,33)21-11-7-4-8-12-21)17-24(30)23(15-20-9-5-3-6-10-20)28-27(31)36-25-18-35-26-22(25)13-14-34-26/h3-12,19,22-26,30H,13-18H2,1-2H3,(H,28,31)/t22-,23-,24+,25-,26+/m0/s1. The summed E-state index contributed by atoms with van der Waals surface area (Å²) in [6.07, 6.45) is -1.60. The van der Waals surface area contributed by atoms with Gasteiger partial charge in [0.2, 0.25) is 10.0 Å². The normalized spacial score (nSPS) is 23.1. The third-order valence-corrected chi connectivity index (χ3v) is 8.50. The highest BCUT2D eigenvalue weighted by molar-refractivity contribution is 7.89. The Kier molecular flexibility index (Phi) is 9.20. The van der Waals surface area contributed by atoms with E-state index < -0.39 is 34.4 Å². The maximum Gasteiger partial charge on any atom is 0.407 e. The molecule has 202 valence electrons. The van der Waals surface area contributed by atoms with Gasteiger partial charge in [-0.25, -0.2) is 13.2 Å². The molecule has 0 radical (unpaired) electrons. The topological polar surface area (TPSA) is 114 Å². The van der Waals surface area contributed by atoms with Gasteiger partial charge in [-0.05, 0) is 36.5 Å². The number of aliphatic hydroxyl groups excluding tert-OH is 1. The average Bonchev–Trinajstić information content (AvgIpc) is 3.49. The fourth-order valence-corrected chi connectivity index (χ4v) is 6.42. The predicted octanol–water partition coefficient (Wildman–Crippen LogP) is 2.79. The molecule has 9 nitrogen and oxygen atoms in total. The number of sulfonamides is 1. The van der Waals surface area contributed by atoms with Crippen molar-refractivity contribution in [3.8, 4) is 0 Å². The number of hydrogen-bond donors (Lipinski definition) is 2. The molecule has 0 bridgehead atoms. The van der Waals surface area contributed by atoms with Crippen molar-refractivity contribution in [2.24, 2.45) is 11.8 Å². The van der Waals surface area contributed by atoms with Crippen molar-refractivity contribution in [1.82, 2.24) is 9.62 Å². The van der Waals surface area contributed by atoms with Gasteiger partial charge in [-0.1, -0.05) is 62.4 Å². The lowest BCUT2D eigenvalue weighted by Crippen LogP contribution is -2.51. The third kappa shape index (κ3) is 7.08. The average molecular weight is 533 g/mol. The minimum absolute atomic E-state index is 0.0132. The van der Waals surface area contributed by atoms with E-state index in [1.165, 1.54) is 16.4 Å². The van der Waals surface area contributed by atoms with Gasteiger partial charge in [-0.15, -0.1) is 0 Å². The second kappa shape index (κ2) is 12.4. The largest absolute Gasteiger partial charge is 0.443 e. The van der Waals surface area contributed by atoms with Crippen LogP contribution in [0, 0.1) is 11.8 Å². The molecule has 0 aliphatic carbocycles. The highest BCUT2D eigenvalue weighted by Gasteiger charge is 2.44. The van der Waals surface area contributed by atoms with E-state index in [1.807, 2.05) is 44.2 Å². The first-order chi connectivity index (χ1) is 17.7. The molecule has 2 aromatic carbocycles. The van der Waals surface area contributed by atoms with Gasteiger partial charge >= 0.3 is 6.09 Å². The fourth-order valence-electron chi connectivity index (χ4n) is 4.78. The van der Waals surface area contributed by atoms with E-state index in [0.717, 1.165) is 12.0 Å². The number of benzene rings is 2. The summed E-state index contributed by atoms with van der Waals surface area (Å²) >= 11 is 0. The smallest absolute Gasteiger partial charge is 0.407 e. The molecule has 2 N–H and O–H groups in total. The summed E-state index contributed by atoms with van der Waals surface area (Å²) in [6, 6.07) is 16.8. The molecule has 4 rings (SSSR count). The number of nitrogens with one attached hydrogen (secondary N) is 1. The van der Waals surface area contributed by atoms with E-state index in [9.17, 15) is 18.3 Å². The zero-order valence-electron chi connectivity index (χ0n) is 21.2. The SMILES string of the molecule is CC(C)CN(C[C@@H](O)[C@H](Cc1ccccc1)NC(=O)O[C@H]1CO[C@H]2OCC[C@H]21)S(=O)(=O)c1ccccc1. The molecule has 0 unspecified atom stereocenters. The van der Waals surface area contributed by atoms with Crippen molar-refractivity contribution in [3.63, 3.8) is 0 Å². The van der Waals surface area contributed by atoms with Crippen LogP contribution in [0.2, 0.25) is 0 Å². The van der Waals surface area contributed by atoms with Crippen LogP contribution in [0.4, 0.5) is 4.79 Å². The Balaban J connectivity index is 1.50. The van der Waals surface area contributed by atoms with Crippen LogP contribution in [0.15, 0.2) is 65.6 Å². The Morgan fingerprint density at radius 3 is 2.43 bits per heavy atom. The monoisotopic (exact) mass is 532 g/mol. The molecule has 1 amide bonds. The summed E-state index contributed by atoms with van der Waals surface area (Å²) in [5.41, 5.74) is 0.890. The van der Waals surface area contributed by atoms with Gasteiger partial charge in [0.25, 0.3) is 0 Å². The van der Waals surface area contributed by atoms with Gasteiger partial charge in [0, 0.05) is 13.1 Å². The number of amides is 1. The summed E-state index contributed by atoms with van der Waals surface area (Å²) in [4.78, 5) is 13.1. The van der Waals surface area contributed by atoms with Crippen molar-refractivity contribution < 1.29 is 32.5 Å². The summed E-state index contributed by atoms with van der Waals surface area (Å²) in [6.45, 7) is 4.69. The molecule has 2 aromatic rings. The van der Waals surface area contributed by atoms with E-state index in [0.29, 0.717) is 13.0 Å². The fraction of sp³-hybridized carbons (Fsp3) is 0.519. The second-order valence-electron chi connectivity index (χ2n) is 10.0. The van der Waals surface area contributed by atoms with E-state index >= 15 is 0 Å². The van der Waals surface area contributed by atoms with E-state index in [2.05, 4.69) is 5.32 Å². The van der Waals surface area contributed by atoms with Crippen LogP contribution in [0.1, 0.15) is 25.8 Å². The molecular weight excluding hydrogens is 496 g/mol. The number of carbonyl (C=O) groups excluding carboxylic acids is 1. The molecule has 2 aliphatic heterocycles. The summed E-state index contributed by atoms with van der Waals surface area (Å²) in [5.74, 6) is 0.0147. The van der Waals surface area contributed by atoms with E-state index in [-0.39, 0.29) is 42.7 Å².